The van der Waals surface area contributed by atoms with E-state index in [1.807, 2.05) is 17.0 Å². The van der Waals surface area contributed by atoms with E-state index in [4.69, 9.17) is 27.9 Å². The minimum atomic E-state index is -0.918. The van der Waals surface area contributed by atoms with Gasteiger partial charge in [0.05, 0.1) is 10.9 Å². The number of carboxylic acids is 1. The predicted molar refractivity (Wildman–Crippen MR) is 156 cm³/mol. The van der Waals surface area contributed by atoms with Crippen LogP contribution < -0.4 is 4.74 Å². The van der Waals surface area contributed by atoms with E-state index in [0.717, 1.165) is 21.4 Å². The Morgan fingerprint density at radius 2 is 1.62 bits per heavy atom. The number of rotatable bonds is 7. The number of carbonyl (C=O) groups excluding carboxylic acids is 2. The number of aliphatic carboxylic acids is 1. The third kappa shape index (κ3) is 5.71. The monoisotopic (exact) mass is 695 g/mol. The molecule has 0 amide bonds. The number of allylic oxidation sites excluding steroid dienone is 4. The van der Waals surface area contributed by atoms with Crippen molar-refractivity contribution in [1.29, 1.82) is 0 Å². The smallest absolute Gasteiger partial charge is 0.305 e. The lowest BCUT2D eigenvalue weighted by atomic mass is 9.70. The van der Waals surface area contributed by atoms with Gasteiger partial charge in [0.25, 0.3) is 0 Å². The van der Waals surface area contributed by atoms with Gasteiger partial charge in [0.15, 0.2) is 11.6 Å². The average molecular weight is 698 g/mol. The number of benzene rings is 2. The van der Waals surface area contributed by atoms with Crippen LogP contribution in [-0.4, -0.2) is 34.1 Å². The quantitative estimate of drug-likeness (QED) is 0.316. The third-order valence-electron chi connectivity index (χ3n) is 7.37. The number of carbonyl (C=O) groups is 3. The van der Waals surface area contributed by atoms with E-state index >= 15 is 0 Å². The Labute approximate surface area is 253 Å². The van der Waals surface area contributed by atoms with Crippen LogP contribution >= 0.6 is 55.1 Å². The topological polar surface area (TPSA) is 83.9 Å². The van der Waals surface area contributed by atoms with E-state index < -0.39 is 11.9 Å². The van der Waals surface area contributed by atoms with Gasteiger partial charge in [-0.2, -0.15) is 0 Å². The highest BCUT2D eigenvalue weighted by Gasteiger charge is 2.44. The summed E-state index contributed by atoms with van der Waals surface area (Å²) in [6, 6.07) is 8.96. The largest absolute Gasteiger partial charge is 0.487 e. The van der Waals surface area contributed by atoms with Crippen LogP contribution in [-0.2, 0) is 21.0 Å². The Bertz CT molecular complexity index is 1410. The summed E-state index contributed by atoms with van der Waals surface area (Å²) in [6.07, 6.45) is 3.34. The van der Waals surface area contributed by atoms with Crippen molar-refractivity contribution in [2.24, 2.45) is 0 Å². The first-order chi connectivity index (χ1) is 18.7. The number of carboxylic acid groups (broad SMARTS) is 1. The van der Waals surface area contributed by atoms with E-state index in [2.05, 4.69) is 31.9 Å². The Balaban J connectivity index is 1.67. The van der Waals surface area contributed by atoms with E-state index in [1.54, 1.807) is 18.2 Å². The van der Waals surface area contributed by atoms with Crippen molar-refractivity contribution in [2.75, 3.05) is 6.54 Å². The number of hydrogen-bond acceptors (Lipinski definition) is 5. The molecule has 0 unspecified atom stereocenters. The van der Waals surface area contributed by atoms with Gasteiger partial charge < -0.3 is 14.7 Å². The number of nitrogens with zero attached hydrogens (tertiary/aromatic N) is 1. The molecule has 6 nitrogen and oxygen atoms in total. The zero-order valence-electron chi connectivity index (χ0n) is 20.9. The summed E-state index contributed by atoms with van der Waals surface area (Å²) >= 11 is 19.7. The number of ketones is 2. The standard InChI is InChI=1S/C29H25Br2Cl2NO5/c30-16-11-18(29(19(31)12-16)39-14-15-7-8-17(32)13-20(15)33)26-27-21(3-1-5-23(27)35)34(10-9-25(37)38)22-4-2-6-24(36)28(22)26/h7-8,11-13,26H,1-6,9-10,14H2,(H,37,38). The molecule has 2 aromatic carbocycles. The normalized spacial score (nSPS) is 17.9. The maximum absolute atomic E-state index is 13.6. The lowest BCUT2D eigenvalue weighted by molar-refractivity contribution is -0.137. The number of Topliss-reactive ketones (excluding diaryl/α,β-unsaturated/α-hetero) is 2. The SMILES string of the molecule is O=C(O)CCN1C2=C(C(=O)CCC2)C(c2cc(Br)cc(Br)c2OCc2ccc(Cl)cc2Cl)C2=C1CCCC2=O. The van der Waals surface area contributed by atoms with Gasteiger partial charge in [-0.05, 0) is 65.9 Å². The second kappa shape index (κ2) is 11.8. The van der Waals surface area contributed by atoms with Crippen molar-refractivity contribution in [3.8, 4) is 5.75 Å². The van der Waals surface area contributed by atoms with Gasteiger partial charge in [0.2, 0.25) is 0 Å². The average Bonchev–Trinajstić information content (AvgIpc) is 2.87. The fourth-order valence-electron chi connectivity index (χ4n) is 5.74. The molecule has 39 heavy (non-hydrogen) atoms. The van der Waals surface area contributed by atoms with Gasteiger partial charge >= 0.3 is 5.97 Å². The van der Waals surface area contributed by atoms with Crippen LogP contribution in [0.25, 0.3) is 0 Å². The van der Waals surface area contributed by atoms with Crippen LogP contribution in [0.5, 0.6) is 5.75 Å². The molecule has 2 aliphatic carbocycles. The van der Waals surface area contributed by atoms with E-state index in [0.29, 0.717) is 75.5 Å². The molecular formula is C29H25Br2Cl2NO5. The number of ether oxygens (including phenoxy) is 1. The second-order valence-corrected chi connectivity index (χ2v) is 12.4. The predicted octanol–water partition coefficient (Wildman–Crippen LogP) is 7.99. The Morgan fingerprint density at radius 1 is 0.974 bits per heavy atom. The molecule has 0 saturated heterocycles. The highest BCUT2D eigenvalue weighted by Crippen LogP contribution is 2.52. The molecule has 1 heterocycles. The molecule has 1 aliphatic heterocycles. The van der Waals surface area contributed by atoms with Gasteiger partial charge in [0.1, 0.15) is 12.4 Å². The maximum Gasteiger partial charge on any atom is 0.305 e. The summed E-state index contributed by atoms with van der Waals surface area (Å²) in [7, 11) is 0. The van der Waals surface area contributed by atoms with Crippen LogP contribution in [0.3, 0.4) is 0 Å². The molecule has 0 bridgehead atoms. The molecule has 5 rings (SSSR count). The van der Waals surface area contributed by atoms with Crippen LogP contribution in [0.15, 0.2) is 61.8 Å². The minimum Gasteiger partial charge on any atom is -0.487 e. The molecule has 0 fully saturated rings. The van der Waals surface area contributed by atoms with E-state index in [1.165, 1.54) is 0 Å². The molecule has 0 atom stereocenters. The van der Waals surface area contributed by atoms with Crippen LogP contribution in [0.4, 0.5) is 0 Å². The van der Waals surface area contributed by atoms with Crippen molar-refractivity contribution in [1.82, 2.24) is 4.90 Å². The number of halogens is 4. The van der Waals surface area contributed by atoms with Crippen LogP contribution in [0.2, 0.25) is 10.0 Å². The Kier molecular flexibility index (Phi) is 8.57. The zero-order chi connectivity index (χ0) is 27.8. The molecule has 2 aromatic rings. The summed E-state index contributed by atoms with van der Waals surface area (Å²) in [5.41, 5.74) is 4.24. The second-order valence-electron chi connectivity index (χ2n) is 9.83. The lowest BCUT2D eigenvalue weighted by Gasteiger charge is -2.44. The molecule has 0 saturated carbocycles. The lowest BCUT2D eigenvalue weighted by Crippen LogP contribution is -2.40. The summed E-state index contributed by atoms with van der Waals surface area (Å²) in [5.74, 6) is -1.05. The molecule has 0 spiro atoms. The fraction of sp³-hybridized carbons (Fsp3) is 0.345. The highest BCUT2D eigenvalue weighted by atomic mass is 79.9. The molecule has 1 N–H and O–H groups in total. The van der Waals surface area contributed by atoms with Crippen LogP contribution in [0, 0.1) is 0 Å². The first kappa shape index (κ1) is 28.4. The Morgan fingerprint density at radius 3 is 2.21 bits per heavy atom. The van der Waals surface area contributed by atoms with Gasteiger partial charge in [-0.3, -0.25) is 14.4 Å². The molecule has 204 valence electrons. The van der Waals surface area contributed by atoms with E-state index in [9.17, 15) is 19.5 Å². The van der Waals surface area contributed by atoms with Crippen molar-refractivity contribution in [2.45, 2.75) is 57.5 Å². The summed E-state index contributed by atoms with van der Waals surface area (Å²) < 4.78 is 7.80. The van der Waals surface area contributed by atoms with Gasteiger partial charge in [-0.1, -0.05) is 45.2 Å². The molecule has 10 heteroatoms. The van der Waals surface area contributed by atoms with Crippen molar-refractivity contribution >= 4 is 72.6 Å². The Hall–Kier alpha value is -2.13. The fourth-order valence-corrected chi connectivity index (χ4v) is 7.58. The highest BCUT2D eigenvalue weighted by molar-refractivity contribution is 9.11. The summed E-state index contributed by atoms with van der Waals surface area (Å²) in [5, 5.41) is 10.4. The molecule has 0 aromatic heterocycles. The molecular weight excluding hydrogens is 673 g/mol. The van der Waals surface area contributed by atoms with Crippen molar-refractivity contribution in [3.05, 3.63) is 83.0 Å². The van der Waals surface area contributed by atoms with Gasteiger partial charge in [0, 0.05) is 73.5 Å². The third-order valence-corrected chi connectivity index (χ3v) is 9.00. The summed E-state index contributed by atoms with van der Waals surface area (Å²) in [4.78, 5) is 40.6. The first-order valence-electron chi connectivity index (χ1n) is 12.7. The van der Waals surface area contributed by atoms with Crippen molar-refractivity contribution in [3.63, 3.8) is 0 Å². The number of hydrogen-bond donors (Lipinski definition) is 1. The first-order valence-corrected chi connectivity index (χ1v) is 15.1. The molecule has 3 aliphatic rings. The van der Waals surface area contributed by atoms with Crippen LogP contribution in [0.1, 0.15) is 62.0 Å². The summed E-state index contributed by atoms with van der Waals surface area (Å²) in [6.45, 7) is 0.376. The van der Waals surface area contributed by atoms with Gasteiger partial charge in [-0.25, -0.2) is 0 Å². The minimum absolute atomic E-state index is 0.0192. The van der Waals surface area contributed by atoms with Gasteiger partial charge in [-0.15, -0.1) is 0 Å². The maximum atomic E-state index is 13.6. The molecule has 0 radical (unpaired) electrons. The zero-order valence-corrected chi connectivity index (χ0v) is 25.6. The van der Waals surface area contributed by atoms with E-state index in [-0.39, 0.29) is 31.1 Å². The van der Waals surface area contributed by atoms with Crippen molar-refractivity contribution < 1.29 is 24.2 Å².